The molecule has 1 N–H and O–H groups in total. The Morgan fingerprint density at radius 1 is 1.06 bits per heavy atom. The van der Waals surface area contributed by atoms with Crippen LogP contribution >= 0.6 is 34.8 Å². The molecule has 2 aromatic rings. The lowest BCUT2D eigenvalue weighted by atomic mass is 10.3. The van der Waals surface area contributed by atoms with Crippen molar-refractivity contribution in [2.24, 2.45) is 0 Å². The quantitative estimate of drug-likeness (QED) is 0.918. The van der Waals surface area contributed by atoms with Crippen molar-refractivity contribution in [3.63, 3.8) is 0 Å². The molecule has 1 heterocycles. The summed E-state index contributed by atoms with van der Waals surface area (Å²) in [4.78, 5) is 4.05. The highest BCUT2D eigenvalue weighted by Gasteiger charge is 2.08. The van der Waals surface area contributed by atoms with Crippen molar-refractivity contribution in [2.45, 2.75) is 6.61 Å². The average Bonchev–Trinajstić information content (AvgIpc) is 2.36. The Hall–Kier alpha value is -1.000. The number of aliphatic hydroxyl groups excluding tert-OH is 1. The van der Waals surface area contributed by atoms with Crippen LogP contribution in [-0.2, 0) is 6.61 Å². The predicted molar refractivity (Wildman–Crippen MR) is 71.7 cm³/mol. The van der Waals surface area contributed by atoms with Gasteiger partial charge in [0.25, 0.3) is 0 Å². The summed E-state index contributed by atoms with van der Waals surface area (Å²) in [7, 11) is 0. The van der Waals surface area contributed by atoms with Crippen molar-refractivity contribution in [3.05, 3.63) is 51.1 Å². The second kappa shape index (κ2) is 5.76. The van der Waals surface area contributed by atoms with Crippen molar-refractivity contribution in [1.29, 1.82) is 0 Å². The van der Waals surface area contributed by atoms with E-state index in [4.69, 9.17) is 44.6 Å². The van der Waals surface area contributed by atoms with Crippen molar-refractivity contribution >= 4 is 34.8 Å². The highest BCUT2D eigenvalue weighted by molar-refractivity contribution is 6.34. The van der Waals surface area contributed by atoms with Gasteiger partial charge in [0.2, 0.25) is 5.88 Å². The SMILES string of the molecule is OCc1nc(Oc2cc(Cl)ccc2Cl)ccc1Cl. The molecule has 0 aliphatic heterocycles. The van der Waals surface area contributed by atoms with E-state index in [9.17, 15) is 0 Å². The minimum absolute atomic E-state index is 0.265. The maximum absolute atomic E-state index is 9.06. The molecule has 0 spiro atoms. The number of ether oxygens (including phenoxy) is 1. The van der Waals surface area contributed by atoms with E-state index < -0.39 is 0 Å². The minimum Gasteiger partial charge on any atom is -0.437 e. The highest BCUT2D eigenvalue weighted by atomic mass is 35.5. The largest absolute Gasteiger partial charge is 0.437 e. The first-order chi connectivity index (χ1) is 8.60. The predicted octanol–water partition coefficient (Wildman–Crippen LogP) is 4.33. The van der Waals surface area contributed by atoms with Crippen molar-refractivity contribution in [3.8, 4) is 11.6 Å². The number of nitrogens with zero attached hydrogens (tertiary/aromatic N) is 1. The van der Waals surface area contributed by atoms with Gasteiger partial charge in [-0.3, -0.25) is 0 Å². The summed E-state index contributed by atoms with van der Waals surface area (Å²) in [6.45, 7) is -0.265. The Morgan fingerprint density at radius 2 is 1.78 bits per heavy atom. The summed E-state index contributed by atoms with van der Waals surface area (Å²) in [5, 5.41) is 10.4. The zero-order chi connectivity index (χ0) is 13.1. The van der Waals surface area contributed by atoms with Gasteiger partial charge >= 0.3 is 0 Å². The van der Waals surface area contributed by atoms with Crippen LogP contribution in [0.15, 0.2) is 30.3 Å². The van der Waals surface area contributed by atoms with Gasteiger partial charge < -0.3 is 9.84 Å². The van der Waals surface area contributed by atoms with Crippen LogP contribution in [0.2, 0.25) is 15.1 Å². The molecule has 0 bridgehead atoms. The van der Waals surface area contributed by atoms with Gasteiger partial charge in [-0.25, -0.2) is 4.98 Å². The highest BCUT2D eigenvalue weighted by Crippen LogP contribution is 2.31. The lowest BCUT2D eigenvalue weighted by molar-refractivity contribution is 0.275. The summed E-state index contributed by atoms with van der Waals surface area (Å²) in [5.41, 5.74) is 0.340. The smallest absolute Gasteiger partial charge is 0.219 e. The van der Waals surface area contributed by atoms with Crippen molar-refractivity contribution in [1.82, 2.24) is 4.98 Å². The van der Waals surface area contributed by atoms with Crippen molar-refractivity contribution < 1.29 is 9.84 Å². The maximum Gasteiger partial charge on any atom is 0.219 e. The third-order valence-electron chi connectivity index (χ3n) is 2.15. The van der Waals surface area contributed by atoms with Crippen LogP contribution in [0.4, 0.5) is 0 Å². The first-order valence-electron chi connectivity index (χ1n) is 4.99. The van der Waals surface area contributed by atoms with E-state index >= 15 is 0 Å². The van der Waals surface area contributed by atoms with E-state index in [1.165, 1.54) is 0 Å². The Bertz CT molecular complexity index is 575. The topological polar surface area (TPSA) is 42.4 Å². The summed E-state index contributed by atoms with van der Waals surface area (Å²) in [6.07, 6.45) is 0. The zero-order valence-electron chi connectivity index (χ0n) is 9.03. The number of aromatic nitrogens is 1. The van der Waals surface area contributed by atoms with Crippen LogP contribution in [0.5, 0.6) is 11.6 Å². The molecule has 0 amide bonds. The number of hydrogen-bond donors (Lipinski definition) is 1. The Morgan fingerprint density at radius 3 is 2.50 bits per heavy atom. The van der Waals surface area contributed by atoms with Gasteiger partial charge in [0.1, 0.15) is 5.75 Å². The molecule has 3 nitrogen and oxygen atoms in total. The molecule has 0 aliphatic rings. The zero-order valence-corrected chi connectivity index (χ0v) is 11.3. The fourth-order valence-electron chi connectivity index (χ4n) is 1.30. The molecule has 0 radical (unpaired) electrons. The summed E-state index contributed by atoms with van der Waals surface area (Å²) in [6, 6.07) is 8.04. The molecular formula is C12H8Cl3NO2. The van der Waals surface area contributed by atoms with E-state index in [2.05, 4.69) is 4.98 Å². The van der Waals surface area contributed by atoms with Crippen LogP contribution in [0.1, 0.15) is 5.69 Å². The molecule has 1 aromatic carbocycles. The molecule has 0 saturated carbocycles. The maximum atomic E-state index is 9.06. The molecule has 18 heavy (non-hydrogen) atoms. The van der Waals surface area contributed by atoms with E-state index in [-0.39, 0.29) is 12.5 Å². The number of halogens is 3. The standard InChI is InChI=1S/C12H8Cl3NO2/c13-7-1-2-9(15)11(5-7)18-12-4-3-8(14)10(6-17)16-12/h1-5,17H,6H2. The monoisotopic (exact) mass is 303 g/mol. The molecule has 0 saturated heterocycles. The average molecular weight is 305 g/mol. The molecule has 6 heteroatoms. The number of benzene rings is 1. The van der Waals surface area contributed by atoms with E-state index in [0.717, 1.165) is 0 Å². The first kappa shape index (κ1) is 13.4. The first-order valence-corrected chi connectivity index (χ1v) is 6.12. The van der Waals surface area contributed by atoms with E-state index in [0.29, 0.717) is 26.5 Å². The Kier molecular flexibility index (Phi) is 4.30. The van der Waals surface area contributed by atoms with Gasteiger partial charge in [0.15, 0.2) is 0 Å². The molecule has 94 valence electrons. The van der Waals surface area contributed by atoms with Gasteiger partial charge in [0, 0.05) is 17.2 Å². The molecule has 0 aliphatic carbocycles. The summed E-state index contributed by atoms with van der Waals surface area (Å²) >= 11 is 17.6. The van der Waals surface area contributed by atoms with Crippen LogP contribution in [0.3, 0.4) is 0 Å². The van der Waals surface area contributed by atoms with Crippen LogP contribution < -0.4 is 4.74 Å². The van der Waals surface area contributed by atoms with Gasteiger partial charge in [-0.2, -0.15) is 0 Å². The number of pyridine rings is 1. The fourth-order valence-corrected chi connectivity index (χ4v) is 1.78. The second-order valence-corrected chi connectivity index (χ2v) is 4.66. The van der Waals surface area contributed by atoms with Gasteiger partial charge in [-0.15, -0.1) is 0 Å². The molecule has 0 unspecified atom stereocenters. The Balaban J connectivity index is 2.31. The normalized spacial score (nSPS) is 10.4. The van der Waals surface area contributed by atoms with Gasteiger partial charge in [0.05, 0.1) is 22.3 Å². The fraction of sp³-hybridized carbons (Fsp3) is 0.0833. The third kappa shape index (κ3) is 3.06. The van der Waals surface area contributed by atoms with Gasteiger partial charge in [-0.1, -0.05) is 34.8 Å². The number of hydrogen-bond acceptors (Lipinski definition) is 3. The molecule has 0 fully saturated rings. The summed E-state index contributed by atoms with van der Waals surface area (Å²) in [5.74, 6) is 0.676. The lowest BCUT2D eigenvalue weighted by Gasteiger charge is -2.08. The van der Waals surface area contributed by atoms with Crippen LogP contribution in [0, 0.1) is 0 Å². The molecule has 0 atom stereocenters. The summed E-state index contributed by atoms with van der Waals surface area (Å²) < 4.78 is 5.49. The van der Waals surface area contributed by atoms with Gasteiger partial charge in [-0.05, 0) is 18.2 Å². The Labute approximate surface area is 119 Å². The second-order valence-electron chi connectivity index (χ2n) is 3.41. The number of rotatable bonds is 3. The third-order valence-corrected chi connectivity index (χ3v) is 3.04. The van der Waals surface area contributed by atoms with Crippen LogP contribution in [-0.4, -0.2) is 10.1 Å². The van der Waals surface area contributed by atoms with Crippen molar-refractivity contribution in [2.75, 3.05) is 0 Å². The lowest BCUT2D eigenvalue weighted by Crippen LogP contribution is -1.94. The molecule has 1 aromatic heterocycles. The molecular weight excluding hydrogens is 296 g/mol. The van der Waals surface area contributed by atoms with E-state index in [1.807, 2.05) is 0 Å². The van der Waals surface area contributed by atoms with Crippen LogP contribution in [0.25, 0.3) is 0 Å². The molecule has 2 rings (SSSR count). The van der Waals surface area contributed by atoms with E-state index in [1.54, 1.807) is 30.3 Å². The number of aliphatic hydroxyl groups is 1. The minimum atomic E-state index is -0.265.